The lowest BCUT2D eigenvalue weighted by Gasteiger charge is -2.20. The van der Waals surface area contributed by atoms with Crippen molar-refractivity contribution in [3.8, 4) is 0 Å². The molecule has 1 atom stereocenters. The Balaban J connectivity index is 2.21. The van der Waals surface area contributed by atoms with E-state index in [2.05, 4.69) is 5.32 Å². The molecule has 10 heteroatoms. The second kappa shape index (κ2) is 7.16. The molecule has 0 bridgehead atoms. The maximum absolute atomic E-state index is 12.4. The highest BCUT2D eigenvalue weighted by atomic mass is 16.6. The van der Waals surface area contributed by atoms with Gasteiger partial charge >= 0.3 is 12.0 Å². The molecule has 0 aromatic heterocycles. The minimum Gasteiger partial charge on any atom is -0.449 e. The van der Waals surface area contributed by atoms with Crippen molar-refractivity contribution in [2.45, 2.75) is 13.0 Å². The summed E-state index contributed by atoms with van der Waals surface area (Å²) in [4.78, 5) is 49.0. The van der Waals surface area contributed by atoms with Crippen molar-refractivity contribution in [3.63, 3.8) is 0 Å². The van der Waals surface area contributed by atoms with Gasteiger partial charge in [-0.1, -0.05) is 0 Å². The summed E-state index contributed by atoms with van der Waals surface area (Å²) in [5.74, 6) is -1.53. The fourth-order valence-corrected chi connectivity index (χ4v) is 2.37. The average Bonchev–Trinajstić information content (AvgIpc) is 2.99. The lowest BCUT2D eigenvalue weighted by atomic mass is 10.1. The summed E-state index contributed by atoms with van der Waals surface area (Å²) < 4.78 is 5.13. The summed E-state index contributed by atoms with van der Waals surface area (Å²) in [5, 5.41) is 13.4. The number of amides is 3. The van der Waals surface area contributed by atoms with Crippen LogP contribution in [0, 0.1) is 10.1 Å². The van der Waals surface area contributed by atoms with E-state index >= 15 is 0 Å². The number of hydrogen-bond acceptors (Lipinski definition) is 7. The third-order valence-corrected chi connectivity index (χ3v) is 3.65. The van der Waals surface area contributed by atoms with Crippen LogP contribution in [0.2, 0.25) is 0 Å². The number of hydrogen-bond donors (Lipinski definition) is 1. The molecule has 1 aromatic rings. The summed E-state index contributed by atoms with van der Waals surface area (Å²) in [6, 6.07) is 3.25. The van der Waals surface area contributed by atoms with Crippen LogP contribution in [0.5, 0.6) is 0 Å². The molecule has 0 saturated carbocycles. The van der Waals surface area contributed by atoms with Crippen molar-refractivity contribution in [1.82, 2.24) is 10.2 Å². The lowest BCUT2D eigenvalue weighted by molar-refractivity contribution is -0.384. The average molecular weight is 350 g/mol. The van der Waals surface area contributed by atoms with Crippen LogP contribution in [-0.2, 0) is 9.53 Å². The fourth-order valence-electron chi connectivity index (χ4n) is 2.37. The van der Waals surface area contributed by atoms with E-state index in [1.807, 2.05) is 0 Å². The molecule has 1 heterocycles. The molecule has 1 aliphatic heterocycles. The normalized spacial score (nSPS) is 14.7. The predicted molar refractivity (Wildman–Crippen MR) is 87.4 cm³/mol. The van der Waals surface area contributed by atoms with Crippen LogP contribution >= 0.6 is 0 Å². The second-order valence-corrected chi connectivity index (χ2v) is 5.62. The standard InChI is InChI=1S/C15H18N4O6/c1-9(13(20)18-7-6-16-15(18)22)25-14(21)11-8-10(19(23)24)4-5-12(11)17(2)3/h4-5,8-9H,6-7H2,1-3H3,(H,16,22). The van der Waals surface area contributed by atoms with Crippen LogP contribution in [0.25, 0.3) is 0 Å². The molecule has 1 aromatic carbocycles. The first-order valence-corrected chi connectivity index (χ1v) is 7.48. The third kappa shape index (κ3) is 3.84. The topological polar surface area (TPSA) is 122 Å². The van der Waals surface area contributed by atoms with Gasteiger partial charge in [-0.2, -0.15) is 0 Å². The molecule has 10 nitrogen and oxygen atoms in total. The first-order valence-electron chi connectivity index (χ1n) is 7.48. The number of urea groups is 1. The van der Waals surface area contributed by atoms with Gasteiger partial charge < -0.3 is 15.0 Å². The van der Waals surface area contributed by atoms with Gasteiger partial charge in [0.1, 0.15) is 0 Å². The zero-order valence-electron chi connectivity index (χ0n) is 14.0. The SMILES string of the molecule is CC(OC(=O)c1cc([N+](=O)[O-])ccc1N(C)C)C(=O)N1CCNC1=O. The fraction of sp³-hybridized carbons (Fsp3) is 0.400. The number of non-ortho nitro benzene ring substituents is 1. The van der Waals surface area contributed by atoms with Gasteiger partial charge in [-0.3, -0.25) is 19.8 Å². The molecule has 1 fully saturated rings. The van der Waals surface area contributed by atoms with Crippen molar-refractivity contribution in [3.05, 3.63) is 33.9 Å². The van der Waals surface area contributed by atoms with E-state index in [9.17, 15) is 24.5 Å². The van der Waals surface area contributed by atoms with Crippen LogP contribution in [0.1, 0.15) is 17.3 Å². The number of nitrogens with zero attached hydrogens (tertiary/aromatic N) is 3. The Morgan fingerprint density at radius 1 is 1.40 bits per heavy atom. The molecule has 0 aliphatic carbocycles. The zero-order valence-corrected chi connectivity index (χ0v) is 14.0. The number of esters is 1. The van der Waals surface area contributed by atoms with Gasteiger partial charge in [-0.25, -0.2) is 9.59 Å². The molecule has 2 rings (SSSR count). The summed E-state index contributed by atoms with van der Waals surface area (Å²) in [5.41, 5.74) is 0.106. The van der Waals surface area contributed by atoms with Crippen molar-refractivity contribution in [2.24, 2.45) is 0 Å². The van der Waals surface area contributed by atoms with Gasteiger partial charge in [0, 0.05) is 39.3 Å². The van der Waals surface area contributed by atoms with E-state index < -0.39 is 28.9 Å². The minimum atomic E-state index is -1.20. The lowest BCUT2D eigenvalue weighted by Crippen LogP contribution is -2.41. The summed E-state index contributed by atoms with van der Waals surface area (Å²) in [6.45, 7) is 1.87. The third-order valence-electron chi connectivity index (χ3n) is 3.65. The number of nitro benzene ring substituents is 1. The number of carbonyl (C=O) groups excluding carboxylic acids is 3. The zero-order chi connectivity index (χ0) is 18.7. The molecule has 1 saturated heterocycles. The van der Waals surface area contributed by atoms with E-state index in [4.69, 9.17) is 4.74 Å². The van der Waals surface area contributed by atoms with Crippen molar-refractivity contribution < 1.29 is 24.0 Å². The number of carbonyl (C=O) groups is 3. The highest BCUT2D eigenvalue weighted by molar-refractivity contribution is 6.01. The monoisotopic (exact) mass is 350 g/mol. The Hall–Kier alpha value is -3.17. The predicted octanol–water partition coefficient (Wildman–Crippen LogP) is 0.758. The maximum Gasteiger partial charge on any atom is 0.341 e. The highest BCUT2D eigenvalue weighted by Crippen LogP contribution is 2.25. The number of ether oxygens (including phenoxy) is 1. The van der Waals surface area contributed by atoms with Gasteiger partial charge in [0.2, 0.25) is 0 Å². The van der Waals surface area contributed by atoms with Crippen molar-refractivity contribution in [2.75, 3.05) is 32.1 Å². The van der Waals surface area contributed by atoms with Crippen LogP contribution in [0.15, 0.2) is 18.2 Å². The molecule has 0 spiro atoms. The number of imide groups is 1. The van der Waals surface area contributed by atoms with Gasteiger partial charge in [0.05, 0.1) is 16.2 Å². The van der Waals surface area contributed by atoms with Crippen LogP contribution < -0.4 is 10.2 Å². The molecule has 1 unspecified atom stereocenters. The number of benzene rings is 1. The molecule has 3 amide bonds. The minimum absolute atomic E-state index is 0.0373. The van der Waals surface area contributed by atoms with E-state index in [0.29, 0.717) is 12.2 Å². The molecule has 1 N–H and O–H groups in total. The van der Waals surface area contributed by atoms with Crippen LogP contribution in [0.4, 0.5) is 16.2 Å². The largest absolute Gasteiger partial charge is 0.449 e. The molecule has 134 valence electrons. The number of rotatable bonds is 5. The van der Waals surface area contributed by atoms with E-state index in [1.165, 1.54) is 19.1 Å². The summed E-state index contributed by atoms with van der Waals surface area (Å²) in [6.07, 6.45) is -1.20. The quantitative estimate of drug-likeness (QED) is 0.472. The van der Waals surface area contributed by atoms with E-state index in [0.717, 1.165) is 11.0 Å². The van der Waals surface area contributed by atoms with Crippen molar-refractivity contribution >= 4 is 29.3 Å². The first-order chi connectivity index (χ1) is 11.7. The molecule has 1 aliphatic rings. The van der Waals surface area contributed by atoms with Gasteiger partial charge in [0.25, 0.3) is 11.6 Å². The number of nitro groups is 1. The molecule has 0 radical (unpaired) electrons. The first kappa shape index (κ1) is 18.2. The second-order valence-electron chi connectivity index (χ2n) is 5.62. The summed E-state index contributed by atoms with van der Waals surface area (Å²) >= 11 is 0. The van der Waals surface area contributed by atoms with Crippen LogP contribution in [0.3, 0.4) is 0 Å². The van der Waals surface area contributed by atoms with E-state index in [-0.39, 0.29) is 17.8 Å². The maximum atomic E-state index is 12.4. The highest BCUT2D eigenvalue weighted by Gasteiger charge is 2.32. The van der Waals surface area contributed by atoms with Gasteiger partial charge in [-0.05, 0) is 13.0 Å². The van der Waals surface area contributed by atoms with E-state index in [1.54, 1.807) is 19.0 Å². The van der Waals surface area contributed by atoms with Crippen molar-refractivity contribution in [1.29, 1.82) is 0 Å². The van der Waals surface area contributed by atoms with Gasteiger partial charge in [0.15, 0.2) is 6.10 Å². The Kier molecular flexibility index (Phi) is 5.20. The Bertz CT molecular complexity index is 733. The summed E-state index contributed by atoms with van der Waals surface area (Å²) in [7, 11) is 3.34. The number of anilines is 1. The Morgan fingerprint density at radius 2 is 2.08 bits per heavy atom. The molecule has 25 heavy (non-hydrogen) atoms. The molecular formula is C15H18N4O6. The van der Waals surface area contributed by atoms with Gasteiger partial charge in [-0.15, -0.1) is 0 Å². The Labute approximate surface area is 143 Å². The smallest absolute Gasteiger partial charge is 0.341 e. The Morgan fingerprint density at radius 3 is 2.60 bits per heavy atom. The molecular weight excluding hydrogens is 332 g/mol. The van der Waals surface area contributed by atoms with Crippen LogP contribution in [-0.4, -0.2) is 61.0 Å². The number of nitrogens with one attached hydrogen (secondary N) is 1.